The predicted octanol–water partition coefficient (Wildman–Crippen LogP) is 2.02. The molecule has 0 aliphatic heterocycles. The van der Waals surface area contributed by atoms with Crippen molar-refractivity contribution < 1.29 is 18.0 Å². The van der Waals surface area contributed by atoms with E-state index in [2.05, 4.69) is 21.0 Å². The van der Waals surface area contributed by atoms with Gasteiger partial charge in [-0.05, 0) is 15.9 Å². The van der Waals surface area contributed by atoms with Crippen molar-refractivity contribution in [2.45, 2.75) is 12.7 Å². The molecule has 0 saturated heterocycles. The maximum atomic E-state index is 11.9. The molecule has 0 aromatic carbocycles. The Morgan fingerprint density at radius 2 is 2.23 bits per heavy atom. The van der Waals surface area contributed by atoms with E-state index in [-0.39, 0.29) is 10.2 Å². The van der Waals surface area contributed by atoms with Gasteiger partial charge in [0.2, 0.25) is 0 Å². The number of carbonyl (C=O) groups excluding carboxylic acids is 1. The second kappa shape index (κ2) is 3.49. The first-order chi connectivity index (χ1) is 5.94. The average molecular weight is 257 g/mol. The maximum absolute atomic E-state index is 11.9. The van der Waals surface area contributed by atoms with Gasteiger partial charge >= 0.3 is 6.18 Å². The molecule has 7 heteroatoms. The molecule has 0 atom stereocenters. The third-order valence-electron chi connectivity index (χ3n) is 1.26. The van der Waals surface area contributed by atoms with E-state index in [1.54, 1.807) is 0 Å². The zero-order chi connectivity index (χ0) is 10.1. The molecule has 0 bridgehead atoms. The zero-order valence-electron chi connectivity index (χ0n) is 6.18. The summed E-state index contributed by atoms with van der Waals surface area (Å²) in [6.45, 7) is -1.21. The van der Waals surface area contributed by atoms with Crippen molar-refractivity contribution in [1.29, 1.82) is 0 Å². The SMILES string of the molecule is O=Cc1cnn(CC(F)(F)F)c1Br. The first kappa shape index (κ1) is 10.2. The van der Waals surface area contributed by atoms with Crippen LogP contribution in [-0.2, 0) is 6.54 Å². The molecular formula is C6H4BrF3N2O. The lowest BCUT2D eigenvalue weighted by atomic mass is 10.4. The number of nitrogens with zero attached hydrogens (tertiary/aromatic N) is 2. The van der Waals surface area contributed by atoms with Crippen LogP contribution in [-0.4, -0.2) is 22.2 Å². The minimum atomic E-state index is -4.34. The summed E-state index contributed by atoms with van der Waals surface area (Å²) in [5.74, 6) is 0. The van der Waals surface area contributed by atoms with Crippen molar-refractivity contribution in [2.75, 3.05) is 0 Å². The Morgan fingerprint density at radius 1 is 1.62 bits per heavy atom. The molecule has 1 heterocycles. The second-order valence-electron chi connectivity index (χ2n) is 2.28. The average Bonchev–Trinajstić information content (AvgIpc) is 2.30. The molecule has 0 spiro atoms. The maximum Gasteiger partial charge on any atom is 0.408 e. The molecule has 0 N–H and O–H groups in total. The van der Waals surface area contributed by atoms with Crippen LogP contribution in [0.2, 0.25) is 0 Å². The Balaban J connectivity index is 2.90. The van der Waals surface area contributed by atoms with Crippen LogP contribution in [0.15, 0.2) is 10.8 Å². The summed E-state index contributed by atoms with van der Waals surface area (Å²) in [4.78, 5) is 10.2. The van der Waals surface area contributed by atoms with E-state index in [1.807, 2.05) is 0 Å². The number of hydrogen-bond donors (Lipinski definition) is 0. The Labute approximate surface area is 79.7 Å². The van der Waals surface area contributed by atoms with E-state index in [4.69, 9.17) is 0 Å². The lowest BCUT2D eigenvalue weighted by Gasteiger charge is -2.06. The van der Waals surface area contributed by atoms with Crippen molar-refractivity contribution in [1.82, 2.24) is 9.78 Å². The van der Waals surface area contributed by atoms with E-state index in [0.717, 1.165) is 6.20 Å². The topological polar surface area (TPSA) is 34.9 Å². The van der Waals surface area contributed by atoms with Gasteiger partial charge in [0, 0.05) is 0 Å². The highest BCUT2D eigenvalue weighted by molar-refractivity contribution is 9.10. The number of carbonyl (C=O) groups is 1. The van der Waals surface area contributed by atoms with Gasteiger partial charge in [-0.1, -0.05) is 0 Å². The lowest BCUT2D eigenvalue weighted by molar-refractivity contribution is -0.143. The third kappa shape index (κ3) is 2.55. The molecule has 1 aromatic heterocycles. The summed E-state index contributed by atoms with van der Waals surface area (Å²) in [6, 6.07) is 0. The van der Waals surface area contributed by atoms with Gasteiger partial charge in [-0.2, -0.15) is 18.3 Å². The normalized spacial score (nSPS) is 11.7. The summed E-state index contributed by atoms with van der Waals surface area (Å²) < 4.78 is 36.3. The van der Waals surface area contributed by atoms with Crippen molar-refractivity contribution >= 4 is 22.2 Å². The van der Waals surface area contributed by atoms with Crippen molar-refractivity contribution in [3.63, 3.8) is 0 Å². The minimum absolute atomic E-state index is 0.0415. The van der Waals surface area contributed by atoms with Gasteiger partial charge in [-0.3, -0.25) is 4.79 Å². The largest absolute Gasteiger partial charge is 0.408 e. The molecule has 72 valence electrons. The number of alkyl halides is 3. The predicted molar refractivity (Wildman–Crippen MR) is 41.4 cm³/mol. The Morgan fingerprint density at radius 3 is 2.62 bits per heavy atom. The molecule has 0 saturated carbocycles. The lowest BCUT2D eigenvalue weighted by Crippen LogP contribution is -2.18. The molecule has 0 fully saturated rings. The van der Waals surface area contributed by atoms with Gasteiger partial charge in [0.15, 0.2) is 6.29 Å². The van der Waals surface area contributed by atoms with E-state index >= 15 is 0 Å². The molecule has 0 aliphatic rings. The number of aldehydes is 1. The fraction of sp³-hybridized carbons (Fsp3) is 0.333. The highest BCUT2D eigenvalue weighted by Crippen LogP contribution is 2.21. The molecule has 3 nitrogen and oxygen atoms in total. The number of hydrogen-bond acceptors (Lipinski definition) is 2. The van der Waals surface area contributed by atoms with Crippen LogP contribution in [0, 0.1) is 0 Å². The van der Waals surface area contributed by atoms with Gasteiger partial charge in [0.05, 0.1) is 11.8 Å². The summed E-state index contributed by atoms with van der Waals surface area (Å²) in [5, 5.41) is 3.39. The number of halogens is 4. The number of rotatable bonds is 2. The molecule has 0 aliphatic carbocycles. The molecule has 0 unspecified atom stereocenters. The summed E-state index contributed by atoms with van der Waals surface area (Å²) in [7, 11) is 0. The third-order valence-corrected chi connectivity index (χ3v) is 2.12. The van der Waals surface area contributed by atoms with E-state index < -0.39 is 12.7 Å². The van der Waals surface area contributed by atoms with Crippen molar-refractivity contribution in [3.8, 4) is 0 Å². The molecule has 1 aromatic rings. The Kier molecular flexibility index (Phi) is 2.74. The molecule has 13 heavy (non-hydrogen) atoms. The highest BCUT2D eigenvalue weighted by Gasteiger charge is 2.29. The fourth-order valence-electron chi connectivity index (χ4n) is 0.744. The van der Waals surface area contributed by atoms with Gasteiger partial charge in [0.25, 0.3) is 0 Å². The van der Waals surface area contributed by atoms with Crippen LogP contribution in [0.25, 0.3) is 0 Å². The highest BCUT2D eigenvalue weighted by atomic mass is 79.9. The van der Waals surface area contributed by atoms with E-state index in [0.29, 0.717) is 11.0 Å². The second-order valence-corrected chi connectivity index (χ2v) is 3.03. The monoisotopic (exact) mass is 256 g/mol. The Hall–Kier alpha value is -0.850. The molecular weight excluding hydrogens is 253 g/mol. The van der Waals surface area contributed by atoms with E-state index in [1.165, 1.54) is 0 Å². The van der Waals surface area contributed by atoms with Gasteiger partial charge < -0.3 is 0 Å². The smallest absolute Gasteiger partial charge is 0.298 e. The van der Waals surface area contributed by atoms with Gasteiger partial charge in [-0.15, -0.1) is 0 Å². The zero-order valence-corrected chi connectivity index (χ0v) is 7.76. The summed E-state index contributed by atoms with van der Waals surface area (Å²) >= 11 is 2.83. The first-order valence-electron chi connectivity index (χ1n) is 3.17. The molecule has 0 amide bonds. The first-order valence-corrected chi connectivity index (χ1v) is 3.96. The summed E-state index contributed by atoms with van der Waals surface area (Å²) in [6.07, 6.45) is -2.83. The van der Waals surface area contributed by atoms with Crippen LogP contribution >= 0.6 is 15.9 Å². The van der Waals surface area contributed by atoms with Gasteiger partial charge in [-0.25, -0.2) is 4.68 Å². The van der Waals surface area contributed by atoms with Crippen LogP contribution in [0.1, 0.15) is 10.4 Å². The Bertz CT molecular complexity index is 320. The minimum Gasteiger partial charge on any atom is -0.298 e. The molecule has 1 rings (SSSR count). The van der Waals surface area contributed by atoms with Crippen molar-refractivity contribution in [3.05, 3.63) is 16.4 Å². The quantitative estimate of drug-likeness (QED) is 0.759. The molecule has 0 radical (unpaired) electrons. The standard InChI is InChI=1S/C6H4BrF3N2O/c7-5-4(2-13)1-11-12(5)3-6(8,9)10/h1-2H,3H2. The van der Waals surface area contributed by atoms with Crippen molar-refractivity contribution in [2.24, 2.45) is 0 Å². The number of aromatic nitrogens is 2. The summed E-state index contributed by atoms with van der Waals surface area (Å²) in [5.41, 5.74) is 0.101. The fourth-order valence-corrected chi connectivity index (χ4v) is 1.16. The van der Waals surface area contributed by atoms with Crippen LogP contribution in [0.4, 0.5) is 13.2 Å². The van der Waals surface area contributed by atoms with Crippen LogP contribution in [0.5, 0.6) is 0 Å². The van der Waals surface area contributed by atoms with Gasteiger partial charge in [0.1, 0.15) is 11.1 Å². The van der Waals surface area contributed by atoms with E-state index in [9.17, 15) is 18.0 Å². The van der Waals surface area contributed by atoms with Crippen LogP contribution < -0.4 is 0 Å². The van der Waals surface area contributed by atoms with Crippen LogP contribution in [0.3, 0.4) is 0 Å².